The monoisotopic (exact) mass is 280 g/mol. The molecule has 1 amide bonds. The Morgan fingerprint density at radius 3 is 2.50 bits per heavy atom. The van der Waals surface area contributed by atoms with Gasteiger partial charge in [0.1, 0.15) is 6.04 Å². The molecule has 0 spiro atoms. The molecule has 6 heteroatoms. The number of carbonyl (C=O) groups excluding carboxylic acids is 1. The van der Waals surface area contributed by atoms with E-state index in [0.29, 0.717) is 23.6 Å². The Hall–Kier alpha value is -1.95. The molecule has 6 nitrogen and oxygen atoms in total. The van der Waals surface area contributed by atoms with E-state index in [-0.39, 0.29) is 25.1 Å². The summed E-state index contributed by atoms with van der Waals surface area (Å²) in [5.41, 5.74) is 1.51. The number of benzene rings is 1. The lowest BCUT2D eigenvalue weighted by atomic mass is 10.1. The topological polar surface area (TPSA) is 71.0 Å². The average molecular weight is 280 g/mol. The van der Waals surface area contributed by atoms with Gasteiger partial charge in [0.05, 0.1) is 32.2 Å². The number of methoxy groups -OCH3 is 2. The molecule has 20 heavy (non-hydrogen) atoms. The molecule has 2 rings (SSSR count). The fourth-order valence-electron chi connectivity index (χ4n) is 2.37. The van der Waals surface area contributed by atoms with E-state index in [9.17, 15) is 9.90 Å². The van der Waals surface area contributed by atoms with Crippen molar-refractivity contribution in [1.29, 1.82) is 0 Å². The Morgan fingerprint density at radius 2 is 1.95 bits per heavy atom. The van der Waals surface area contributed by atoms with Crippen LogP contribution in [0, 0.1) is 0 Å². The van der Waals surface area contributed by atoms with E-state index in [1.54, 1.807) is 25.2 Å². The van der Waals surface area contributed by atoms with Gasteiger partial charge in [0, 0.05) is 18.7 Å². The van der Waals surface area contributed by atoms with Crippen LogP contribution in [0.1, 0.15) is 13.3 Å². The Kier molecular flexibility index (Phi) is 4.34. The third kappa shape index (κ3) is 2.38. The predicted molar refractivity (Wildman–Crippen MR) is 76.7 cm³/mol. The molecule has 1 aromatic rings. The summed E-state index contributed by atoms with van der Waals surface area (Å²) >= 11 is 0. The van der Waals surface area contributed by atoms with E-state index in [2.05, 4.69) is 5.32 Å². The van der Waals surface area contributed by atoms with Crippen molar-refractivity contribution >= 4 is 17.3 Å². The average Bonchev–Trinajstić information content (AvgIpc) is 2.48. The number of nitrogens with zero attached hydrogens (tertiary/aromatic N) is 1. The molecule has 2 N–H and O–H groups in total. The quantitative estimate of drug-likeness (QED) is 0.849. The molecule has 1 aliphatic heterocycles. The van der Waals surface area contributed by atoms with Crippen LogP contribution in [0.4, 0.5) is 11.4 Å². The molecular formula is C14H20N2O4. The number of rotatable bonds is 5. The highest BCUT2D eigenvalue weighted by molar-refractivity contribution is 6.05. The van der Waals surface area contributed by atoms with Gasteiger partial charge in [0.2, 0.25) is 5.91 Å². The second kappa shape index (κ2) is 6.00. The summed E-state index contributed by atoms with van der Waals surface area (Å²) in [6.45, 7) is 2.12. The second-order valence-corrected chi connectivity index (χ2v) is 4.54. The third-order valence-corrected chi connectivity index (χ3v) is 3.42. The standard InChI is InChI=1S/C14H20N2O4/c1-4-9-14(18)16(5-6-17)11-8-13(20-3)12(19-2)7-10(11)15-9/h7-9,15,17H,4-6H2,1-3H3. The molecule has 1 aromatic carbocycles. The van der Waals surface area contributed by atoms with Crippen LogP contribution in [0.15, 0.2) is 12.1 Å². The van der Waals surface area contributed by atoms with Gasteiger partial charge in [-0.3, -0.25) is 4.79 Å². The van der Waals surface area contributed by atoms with Gasteiger partial charge in [0.25, 0.3) is 0 Å². The van der Waals surface area contributed by atoms with Crippen LogP contribution in [0.25, 0.3) is 0 Å². The normalized spacial score (nSPS) is 17.5. The number of anilines is 2. The number of fused-ring (bicyclic) bond motifs is 1. The number of β-amino-alcohol motifs (C(OH)–C–C–N with tert-alkyl or cyclic N) is 1. The molecule has 1 aliphatic rings. The van der Waals surface area contributed by atoms with Crippen molar-refractivity contribution in [3.8, 4) is 11.5 Å². The minimum atomic E-state index is -0.285. The van der Waals surface area contributed by atoms with Gasteiger partial charge < -0.3 is 24.8 Å². The number of hydrogen-bond donors (Lipinski definition) is 2. The zero-order valence-electron chi connectivity index (χ0n) is 12.0. The second-order valence-electron chi connectivity index (χ2n) is 4.54. The minimum absolute atomic E-state index is 0.0405. The van der Waals surface area contributed by atoms with Crippen molar-refractivity contribution in [1.82, 2.24) is 0 Å². The fourth-order valence-corrected chi connectivity index (χ4v) is 2.37. The molecular weight excluding hydrogens is 260 g/mol. The van der Waals surface area contributed by atoms with Crippen LogP contribution in [-0.4, -0.2) is 44.4 Å². The van der Waals surface area contributed by atoms with Gasteiger partial charge in [-0.1, -0.05) is 6.92 Å². The minimum Gasteiger partial charge on any atom is -0.493 e. The third-order valence-electron chi connectivity index (χ3n) is 3.42. The van der Waals surface area contributed by atoms with Crippen LogP contribution < -0.4 is 19.7 Å². The van der Waals surface area contributed by atoms with Crippen LogP contribution >= 0.6 is 0 Å². The van der Waals surface area contributed by atoms with Crippen molar-refractivity contribution in [2.45, 2.75) is 19.4 Å². The number of amides is 1. The number of aliphatic hydroxyl groups excluding tert-OH is 1. The smallest absolute Gasteiger partial charge is 0.249 e. The molecule has 0 saturated heterocycles. The summed E-state index contributed by atoms with van der Waals surface area (Å²) in [7, 11) is 3.12. The molecule has 0 aliphatic carbocycles. The molecule has 0 aromatic heterocycles. The first-order valence-electron chi connectivity index (χ1n) is 6.61. The van der Waals surface area contributed by atoms with Crippen LogP contribution in [0.5, 0.6) is 11.5 Å². The summed E-state index contributed by atoms with van der Waals surface area (Å²) in [5, 5.41) is 12.4. The zero-order valence-corrected chi connectivity index (χ0v) is 12.0. The highest BCUT2D eigenvalue weighted by Gasteiger charge is 2.32. The molecule has 110 valence electrons. The van der Waals surface area contributed by atoms with E-state index in [0.717, 1.165) is 5.69 Å². The lowest BCUT2D eigenvalue weighted by Crippen LogP contribution is -2.48. The van der Waals surface area contributed by atoms with Gasteiger partial charge >= 0.3 is 0 Å². The van der Waals surface area contributed by atoms with Gasteiger partial charge in [-0.05, 0) is 6.42 Å². The Morgan fingerprint density at radius 1 is 1.30 bits per heavy atom. The molecule has 0 bridgehead atoms. The Balaban J connectivity index is 2.51. The molecule has 1 unspecified atom stereocenters. The molecule has 0 saturated carbocycles. The SMILES string of the molecule is CCC1Nc2cc(OC)c(OC)cc2N(CCO)C1=O. The molecule has 0 radical (unpaired) electrons. The lowest BCUT2D eigenvalue weighted by molar-refractivity contribution is -0.119. The Labute approximate surface area is 118 Å². The summed E-state index contributed by atoms with van der Waals surface area (Å²) in [4.78, 5) is 13.9. The van der Waals surface area contributed by atoms with Gasteiger partial charge in [-0.15, -0.1) is 0 Å². The number of aliphatic hydroxyl groups is 1. The molecule has 0 fully saturated rings. The molecule has 1 heterocycles. The zero-order chi connectivity index (χ0) is 14.7. The van der Waals surface area contributed by atoms with Gasteiger partial charge in [-0.25, -0.2) is 0 Å². The maximum absolute atomic E-state index is 12.3. The largest absolute Gasteiger partial charge is 0.493 e. The van der Waals surface area contributed by atoms with Crippen molar-refractivity contribution in [2.75, 3.05) is 37.6 Å². The first-order valence-corrected chi connectivity index (χ1v) is 6.61. The number of carbonyl (C=O) groups is 1. The maximum atomic E-state index is 12.3. The van der Waals surface area contributed by atoms with E-state index in [4.69, 9.17) is 9.47 Å². The van der Waals surface area contributed by atoms with Crippen LogP contribution in [-0.2, 0) is 4.79 Å². The summed E-state index contributed by atoms with van der Waals surface area (Å²) in [6.07, 6.45) is 0.675. The summed E-state index contributed by atoms with van der Waals surface area (Å²) in [5.74, 6) is 1.12. The number of hydrogen-bond acceptors (Lipinski definition) is 5. The fraction of sp³-hybridized carbons (Fsp3) is 0.500. The van der Waals surface area contributed by atoms with Crippen LogP contribution in [0.2, 0.25) is 0 Å². The first kappa shape index (κ1) is 14.5. The maximum Gasteiger partial charge on any atom is 0.249 e. The van der Waals surface area contributed by atoms with E-state index in [1.807, 2.05) is 13.0 Å². The molecule has 1 atom stereocenters. The number of nitrogens with one attached hydrogen (secondary N) is 1. The van der Waals surface area contributed by atoms with Gasteiger partial charge in [-0.2, -0.15) is 0 Å². The van der Waals surface area contributed by atoms with E-state index >= 15 is 0 Å². The van der Waals surface area contributed by atoms with Crippen molar-refractivity contribution in [3.05, 3.63) is 12.1 Å². The van der Waals surface area contributed by atoms with Gasteiger partial charge in [0.15, 0.2) is 11.5 Å². The summed E-state index contributed by atoms with van der Waals surface area (Å²) < 4.78 is 10.5. The first-order chi connectivity index (χ1) is 9.65. The lowest BCUT2D eigenvalue weighted by Gasteiger charge is -2.35. The summed E-state index contributed by atoms with van der Waals surface area (Å²) in [6, 6.07) is 3.28. The van der Waals surface area contributed by atoms with E-state index in [1.165, 1.54) is 0 Å². The van der Waals surface area contributed by atoms with Crippen LogP contribution in [0.3, 0.4) is 0 Å². The van der Waals surface area contributed by atoms with E-state index < -0.39 is 0 Å². The number of ether oxygens (including phenoxy) is 2. The van der Waals surface area contributed by atoms with Crippen molar-refractivity contribution in [3.63, 3.8) is 0 Å². The Bertz CT molecular complexity index is 504. The highest BCUT2D eigenvalue weighted by Crippen LogP contribution is 2.41. The van der Waals surface area contributed by atoms with Crippen molar-refractivity contribution in [2.24, 2.45) is 0 Å². The van der Waals surface area contributed by atoms with Crippen molar-refractivity contribution < 1.29 is 19.4 Å². The predicted octanol–water partition coefficient (Wildman–Crippen LogP) is 1.23. The highest BCUT2D eigenvalue weighted by atomic mass is 16.5.